The molecule has 22 heavy (non-hydrogen) atoms. The van der Waals surface area contributed by atoms with Crippen molar-refractivity contribution in [2.45, 2.75) is 0 Å². The van der Waals surface area contributed by atoms with E-state index in [1.54, 1.807) is 11.3 Å². The molecule has 0 unspecified atom stereocenters. The van der Waals surface area contributed by atoms with Crippen LogP contribution in [0.5, 0.6) is 0 Å². The molecule has 1 aliphatic rings. The van der Waals surface area contributed by atoms with Crippen LogP contribution in [-0.4, -0.2) is 35.0 Å². The molecular weight excluding hydrogens is 300 g/mol. The molecule has 5 nitrogen and oxygen atoms in total. The van der Waals surface area contributed by atoms with Gasteiger partial charge in [-0.15, -0.1) is 11.3 Å². The summed E-state index contributed by atoms with van der Waals surface area (Å²) in [7, 11) is 0. The van der Waals surface area contributed by atoms with E-state index in [4.69, 9.17) is 5.11 Å². The number of hydrogen-bond donors (Lipinski definition) is 2. The summed E-state index contributed by atoms with van der Waals surface area (Å²) >= 11 is 1.64. The molecule has 0 saturated carbocycles. The maximum Gasteiger partial charge on any atom is 0.277 e. The van der Waals surface area contributed by atoms with Crippen molar-refractivity contribution < 1.29 is 14.7 Å². The van der Waals surface area contributed by atoms with Crippen molar-refractivity contribution in [1.82, 2.24) is 4.90 Å². The average molecular weight is 314 g/mol. The summed E-state index contributed by atoms with van der Waals surface area (Å²) in [4.78, 5) is 25.9. The Hall–Kier alpha value is -2.44. The molecule has 1 aliphatic heterocycles. The summed E-state index contributed by atoms with van der Waals surface area (Å²) in [5.74, 6) is -0.823. The van der Waals surface area contributed by atoms with Crippen molar-refractivity contribution in [2.75, 3.05) is 18.5 Å². The van der Waals surface area contributed by atoms with Gasteiger partial charge in [0.1, 0.15) is 5.70 Å². The molecule has 2 aromatic rings. The number of hydrogen-bond acceptors (Lipinski definition) is 5. The third-order valence-electron chi connectivity index (χ3n) is 3.28. The van der Waals surface area contributed by atoms with Crippen molar-refractivity contribution in [3.63, 3.8) is 0 Å². The van der Waals surface area contributed by atoms with Gasteiger partial charge in [0.25, 0.3) is 11.8 Å². The fraction of sp³-hybridized carbons (Fsp3) is 0.125. The molecule has 0 atom stereocenters. The van der Waals surface area contributed by atoms with Gasteiger partial charge in [-0.2, -0.15) is 0 Å². The number of carbonyl (C=O) groups excluding carboxylic acids is 2. The zero-order valence-electron chi connectivity index (χ0n) is 11.7. The van der Waals surface area contributed by atoms with Crippen LogP contribution in [0.2, 0.25) is 0 Å². The minimum Gasteiger partial charge on any atom is -0.395 e. The lowest BCUT2D eigenvalue weighted by Crippen LogP contribution is -2.34. The largest absolute Gasteiger partial charge is 0.395 e. The van der Waals surface area contributed by atoms with Crippen LogP contribution in [-0.2, 0) is 9.59 Å². The molecular formula is C16H14N2O3S. The lowest BCUT2D eigenvalue weighted by atomic mass is 10.1. The van der Waals surface area contributed by atoms with E-state index in [1.165, 1.54) is 6.08 Å². The first-order valence-electron chi connectivity index (χ1n) is 6.78. The number of β-amino-alcohol motifs (C(OH)–C–C–N with tert-alkyl or cyclic N) is 1. The van der Waals surface area contributed by atoms with Gasteiger partial charge in [-0.05, 0) is 29.1 Å². The fourth-order valence-corrected chi connectivity index (χ4v) is 2.98. The highest BCUT2D eigenvalue weighted by molar-refractivity contribution is 7.13. The first kappa shape index (κ1) is 14.5. The van der Waals surface area contributed by atoms with E-state index in [0.29, 0.717) is 0 Å². The van der Waals surface area contributed by atoms with Crippen LogP contribution in [0.3, 0.4) is 0 Å². The monoisotopic (exact) mass is 314 g/mol. The van der Waals surface area contributed by atoms with Crippen molar-refractivity contribution in [1.29, 1.82) is 0 Å². The van der Waals surface area contributed by atoms with E-state index in [9.17, 15) is 9.59 Å². The fourth-order valence-electron chi connectivity index (χ4n) is 2.26. The second kappa shape index (κ2) is 6.13. The minimum absolute atomic E-state index is 0.00851. The highest BCUT2D eigenvalue weighted by Gasteiger charge is 2.30. The Labute approximate surface area is 131 Å². The Morgan fingerprint density at radius 3 is 2.77 bits per heavy atom. The predicted octanol–water partition coefficient (Wildman–Crippen LogP) is 2.07. The normalized spacial score (nSPS) is 14.4. The van der Waals surface area contributed by atoms with E-state index in [1.807, 2.05) is 41.8 Å². The number of anilines is 1. The van der Waals surface area contributed by atoms with Crippen molar-refractivity contribution in [3.05, 3.63) is 53.6 Å². The molecule has 0 radical (unpaired) electrons. The lowest BCUT2D eigenvalue weighted by molar-refractivity contribution is -0.137. The van der Waals surface area contributed by atoms with Gasteiger partial charge < -0.3 is 10.4 Å². The molecule has 2 amide bonds. The van der Waals surface area contributed by atoms with Crippen LogP contribution in [0.25, 0.3) is 10.4 Å². The summed E-state index contributed by atoms with van der Waals surface area (Å²) in [6.07, 6.45) is 1.26. The molecule has 3 rings (SSSR count). The van der Waals surface area contributed by atoms with E-state index < -0.39 is 11.8 Å². The Balaban J connectivity index is 1.80. The van der Waals surface area contributed by atoms with Gasteiger partial charge in [0, 0.05) is 16.6 Å². The number of carbonyl (C=O) groups is 2. The first-order chi connectivity index (χ1) is 10.7. The van der Waals surface area contributed by atoms with Gasteiger partial charge in [-0.3, -0.25) is 14.5 Å². The Morgan fingerprint density at radius 1 is 1.18 bits per heavy atom. The van der Waals surface area contributed by atoms with Crippen LogP contribution < -0.4 is 5.32 Å². The maximum atomic E-state index is 12.1. The van der Waals surface area contributed by atoms with Crippen LogP contribution in [0.1, 0.15) is 0 Å². The topological polar surface area (TPSA) is 69.6 Å². The third kappa shape index (κ3) is 2.79. The standard InChI is InChI=1S/C16H14N2O3S/c19-7-6-18-15(20)10-13(16(18)21)17-12-4-1-3-11(9-12)14-5-2-8-22-14/h1-5,8-10,17,19H,6-7H2. The van der Waals surface area contributed by atoms with Crippen molar-refractivity contribution in [2.24, 2.45) is 0 Å². The number of aliphatic hydroxyl groups excluding tert-OH is 1. The summed E-state index contributed by atoms with van der Waals surface area (Å²) in [5.41, 5.74) is 2.01. The zero-order chi connectivity index (χ0) is 15.5. The van der Waals surface area contributed by atoms with Gasteiger partial charge in [0.2, 0.25) is 0 Å². The smallest absolute Gasteiger partial charge is 0.277 e. The van der Waals surface area contributed by atoms with E-state index in [2.05, 4.69) is 5.32 Å². The van der Waals surface area contributed by atoms with Crippen molar-refractivity contribution in [3.8, 4) is 10.4 Å². The van der Waals surface area contributed by atoms with Crippen LogP contribution in [0.15, 0.2) is 53.6 Å². The number of nitrogens with zero attached hydrogens (tertiary/aromatic N) is 1. The molecule has 1 aromatic heterocycles. The highest BCUT2D eigenvalue weighted by Crippen LogP contribution is 2.27. The number of aliphatic hydroxyl groups is 1. The third-order valence-corrected chi connectivity index (χ3v) is 4.20. The minimum atomic E-state index is -0.416. The average Bonchev–Trinajstić information content (AvgIpc) is 3.13. The molecule has 0 saturated heterocycles. The van der Waals surface area contributed by atoms with Crippen LogP contribution in [0, 0.1) is 0 Å². The number of imide groups is 1. The van der Waals surface area contributed by atoms with E-state index >= 15 is 0 Å². The molecule has 0 aliphatic carbocycles. The molecule has 2 N–H and O–H groups in total. The summed E-state index contributed by atoms with van der Waals surface area (Å²) < 4.78 is 0. The van der Waals surface area contributed by atoms with Crippen molar-refractivity contribution >= 4 is 28.8 Å². The zero-order valence-corrected chi connectivity index (χ0v) is 12.5. The molecule has 112 valence electrons. The molecule has 0 fully saturated rings. The molecule has 0 spiro atoms. The number of rotatable bonds is 5. The summed E-state index contributed by atoms with van der Waals surface area (Å²) in [5, 5.41) is 13.9. The Kier molecular flexibility index (Phi) is 4.04. The first-order valence-corrected chi connectivity index (χ1v) is 7.66. The van der Waals surface area contributed by atoms with Gasteiger partial charge in [-0.1, -0.05) is 18.2 Å². The number of nitrogens with one attached hydrogen (secondary N) is 1. The lowest BCUT2D eigenvalue weighted by Gasteiger charge is -2.13. The number of amides is 2. The Morgan fingerprint density at radius 2 is 2.05 bits per heavy atom. The number of benzene rings is 1. The second-order valence-corrected chi connectivity index (χ2v) is 5.71. The molecule has 6 heteroatoms. The quantitative estimate of drug-likeness (QED) is 0.829. The molecule has 0 bridgehead atoms. The molecule has 2 heterocycles. The second-order valence-electron chi connectivity index (χ2n) is 4.76. The summed E-state index contributed by atoms with van der Waals surface area (Å²) in [6, 6.07) is 11.7. The summed E-state index contributed by atoms with van der Waals surface area (Å²) in [6.45, 7) is -0.235. The van der Waals surface area contributed by atoms with Crippen LogP contribution in [0.4, 0.5) is 5.69 Å². The SMILES string of the molecule is O=C1C=C(Nc2cccc(-c3cccs3)c2)C(=O)N1CCO. The number of thiophene rings is 1. The Bertz CT molecular complexity index is 738. The highest BCUT2D eigenvalue weighted by atomic mass is 32.1. The van der Waals surface area contributed by atoms with E-state index in [-0.39, 0.29) is 18.8 Å². The van der Waals surface area contributed by atoms with Gasteiger partial charge >= 0.3 is 0 Å². The maximum absolute atomic E-state index is 12.1. The van der Waals surface area contributed by atoms with Gasteiger partial charge in [0.15, 0.2) is 0 Å². The van der Waals surface area contributed by atoms with Gasteiger partial charge in [-0.25, -0.2) is 0 Å². The molecule has 1 aromatic carbocycles. The van der Waals surface area contributed by atoms with E-state index in [0.717, 1.165) is 21.0 Å². The van der Waals surface area contributed by atoms with Gasteiger partial charge in [0.05, 0.1) is 13.2 Å². The predicted molar refractivity (Wildman–Crippen MR) is 85.3 cm³/mol. The van der Waals surface area contributed by atoms with Crippen LogP contribution >= 0.6 is 11.3 Å².